The number of hydrogen-bond donors (Lipinski definition) is 1. The molecule has 0 saturated carbocycles. The van der Waals surface area contributed by atoms with Gasteiger partial charge in [-0.15, -0.1) is 0 Å². The van der Waals surface area contributed by atoms with E-state index in [2.05, 4.69) is 14.7 Å². The van der Waals surface area contributed by atoms with Crippen molar-refractivity contribution in [3.8, 4) is 11.5 Å². The molecule has 154 valence electrons. The molecule has 0 aliphatic carbocycles. The van der Waals surface area contributed by atoms with Gasteiger partial charge in [-0.25, -0.2) is 4.98 Å². The third-order valence-electron chi connectivity index (χ3n) is 4.76. The highest BCUT2D eigenvalue weighted by Gasteiger charge is 2.11. The van der Waals surface area contributed by atoms with E-state index < -0.39 is 0 Å². The van der Waals surface area contributed by atoms with Crippen LogP contribution in [0.25, 0.3) is 5.65 Å². The van der Waals surface area contributed by atoms with Crippen molar-refractivity contribution in [2.24, 2.45) is 0 Å². The van der Waals surface area contributed by atoms with Gasteiger partial charge in [0.15, 0.2) is 11.5 Å². The van der Waals surface area contributed by atoms with Crippen molar-refractivity contribution in [1.29, 1.82) is 0 Å². The lowest BCUT2D eigenvalue weighted by molar-refractivity contribution is -0.121. The first-order valence-electron chi connectivity index (χ1n) is 10.2. The van der Waals surface area contributed by atoms with Gasteiger partial charge in [0, 0.05) is 24.9 Å². The number of aryl methyl sites for hydroxylation is 2. The van der Waals surface area contributed by atoms with Gasteiger partial charge >= 0.3 is 0 Å². The summed E-state index contributed by atoms with van der Waals surface area (Å²) in [6, 6.07) is 11.9. The fraction of sp³-hybridized carbons (Fsp3) is 0.391. The third kappa shape index (κ3) is 5.28. The van der Waals surface area contributed by atoms with Crippen molar-refractivity contribution in [3.63, 3.8) is 0 Å². The van der Waals surface area contributed by atoms with Gasteiger partial charge < -0.3 is 19.2 Å². The van der Waals surface area contributed by atoms with Crippen LogP contribution in [0.3, 0.4) is 0 Å². The Morgan fingerprint density at radius 1 is 1.07 bits per heavy atom. The normalized spacial score (nSPS) is 10.9. The first-order chi connectivity index (χ1) is 14.1. The summed E-state index contributed by atoms with van der Waals surface area (Å²) in [7, 11) is 0. The summed E-state index contributed by atoms with van der Waals surface area (Å²) in [5, 5.41) is 3.01. The number of amides is 1. The summed E-state index contributed by atoms with van der Waals surface area (Å²) in [4.78, 5) is 16.8. The van der Waals surface area contributed by atoms with Crippen molar-refractivity contribution < 1.29 is 14.3 Å². The first-order valence-corrected chi connectivity index (χ1v) is 10.2. The van der Waals surface area contributed by atoms with Gasteiger partial charge in [0.05, 0.1) is 18.9 Å². The van der Waals surface area contributed by atoms with E-state index in [1.54, 1.807) is 0 Å². The van der Waals surface area contributed by atoms with E-state index in [1.165, 1.54) is 0 Å². The number of fused-ring (bicyclic) bond motifs is 1. The molecule has 2 heterocycles. The number of pyridine rings is 1. The summed E-state index contributed by atoms with van der Waals surface area (Å²) in [5.41, 5.74) is 4.08. The van der Waals surface area contributed by atoms with Crippen LogP contribution in [0, 0.1) is 6.92 Å². The van der Waals surface area contributed by atoms with Gasteiger partial charge in [-0.05, 0) is 63.4 Å². The molecule has 0 aliphatic rings. The minimum atomic E-state index is 0.0475. The van der Waals surface area contributed by atoms with E-state index in [4.69, 9.17) is 9.47 Å². The Bertz CT molecular complexity index is 965. The number of carbonyl (C=O) groups is 1. The fourth-order valence-corrected chi connectivity index (χ4v) is 3.38. The van der Waals surface area contributed by atoms with E-state index in [0.717, 1.165) is 40.5 Å². The summed E-state index contributed by atoms with van der Waals surface area (Å²) in [5.74, 6) is 1.55. The molecule has 3 rings (SSSR count). The maximum atomic E-state index is 12.3. The first kappa shape index (κ1) is 20.7. The maximum Gasteiger partial charge on any atom is 0.220 e. The maximum absolute atomic E-state index is 12.3. The average Bonchev–Trinajstić information content (AvgIpc) is 3.03. The molecule has 29 heavy (non-hydrogen) atoms. The molecule has 3 aromatic rings. The van der Waals surface area contributed by atoms with Crippen molar-refractivity contribution in [3.05, 3.63) is 59.5 Å². The van der Waals surface area contributed by atoms with E-state index in [9.17, 15) is 4.79 Å². The number of hydrogen-bond acceptors (Lipinski definition) is 4. The molecule has 0 bridgehead atoms. The highest BCUT2D eigenvalue weighted by molar-refractivity contribution is 5.76. The molecular weight excluding hydrogens is 366 g/mol. The minimum Gasteiger partial charge on any atom is -0.490 e. The topological polar surface area (TPSA) is 64.9 Å². The second-order valence-electron chi connectivity index (χ2n) is 6.82. The van der Waals surface area contributed by atoms with Crippen LogP contribution in [0.15, 0.2) is 42.6 Å². The Kier molecular flexibility index (Phi) is 7.11. The Hall–Kier alpha value is -3.02. The van der Waals surface area contributed by atoms with E-state index >= 15 is 0 Å². The molecule has 1 amide bonds. The standard InChI is InChI=1S/C23H29N3O3/c1-4-28-20-11-9-18(16-21(20)29-5-2)13-14-24-23(27)12-10-19-17(3)25-22-8-6-7-15-26(19)22/h6-9,11,15-16H,4-5,10,12-14H2,1-3H3,(H,24,27). The van der Waals surface area contributed by atoms with Crippen LogP contribution in [-0.4, -0.2) is 35.1 Å². The monoisotopic (exact) mass is 395 g/mol. The molecule has 0 fully saturated rings. The number of aromatic nitrogens is 2. The number of ether oxygens (including phenoxy) is 2. The predicted octanol–water partition coefficient (Wildman–Crippen LogP) is 3.73. The largest absolute Gasteiger partial charge is 0.490 e. The van der Waals surface area contributed by atoms with Crippen LogP contribution in [0.4, 0.5) is 0 Å². The summed E-state index contributed by atoms with van der Waals surface area (Å²) < 4.78 is 13.3. The van der Waals surface area contributed by atoms with E-state index in [0.29, 0.717) is 32.6 Å². The second kappa shape index (κ2) is 9.96. The van der Waals surface area contributed by atoms with Crippen LogP contribution >= 0.6 is 0 Å². The van der Waals surface area contributed by atoms with Gasteiger partial charge in [-0.3, -0.25) is 4.79 Å². The zero-order chi connectivity index (χ0) is 20.6. The number of rotatable bonds is 10. The smallest absolute Gasteiger partial charge is 0.220 e. The zero-order valence-electron chi connectivity index (χ0n) is 17.4. The van der Waals surface area contributed by atoms with Crippen LogP contribution < -0.4 is 14.8 Å². The quantitative estimate of drug-likeness (QED) is 0.568. The lowest BCUT2D eigenvalue weighted by Gasteiger charge is -2.12. The van der Waals surface area contributed by atoms with Crippen LogP contribution in [-0.2, 0) is 17.6 Å². The summed E-state index contributed by atoms with van der Waals surface area (Å²) >= 11 is 0. The van der Waals surface area contributed by atoms with Gasteiger partial charge in [0.25, 0.3) is 0 Å². The fourth-order valence-electron chi connectivity index (χ4n) is 3.38. The molecule has 6 heteroatoms. The molecule has 6 nitrogen and oxygen atoms in total. The van der Waals surface area contributed by atoms with Gasteiger partial charge in [-0.2, -0.15) is 0 Å². The summed E-state index contributed by atoms with van der Waals surface area (Å²) in [6.07, 6.45) is 3.84. The lowest BCUT2D eigenvalue weighted by Crippen LogP contribution is -2.26. The zero-order valence-corrected chi connectivity index (χ0v) is 17.4. The Morgan fingerprint density at radius 3 is 2.66 bits per heavy atom. The van der Waals surface area contributed by atoms with Gasteiger partial charge in [-0.1, -0.05) is 12.1 Å². The highest BCUT2D eigenvalue weighted by Crippen LogP contribution is 2.28. The van der Waals surface area contributed by atoms with Crippen molar-refractivity contribution in [2.75, 3.05) is 19.8 Å². The van der Waals surface area contributed by atoms with Crippen molar-refractivity contribution >= 4 is 11.6 Å². The molecule has 0 atom stereocenters. The van der Waals surface area contributed by atoms with Crippen LogP contribution in [0.2, 0.25) is 0 Å². The molecule has 0 spiro atoms. The molecular formula is C23H29N3O3. The van der Waals surface area contributed by atoms with Crippen molar-refractivity contribution in [1.82, 2.24) is 14.7 Å². The molecule has 0 unspecified atom stereocenters. The second-order valence-corrected chi connectivity index (χ2v) is 6.82. The molecule has 2 aromatic heterocycles. The minimum absolute atomic E-state index is 0.0475. The summed E-state index contributed by atoms with van der Waals surface area (Å²) in [6.45, 7) is 7.67. The molecule has 0 radical (unpaired) electrons. The lowest BCUT2D eigenvalue weighted by atomic mass is 10.1. The Morgan fingerprint density at radius 2 is 1.86 bits per heavy atom. The average molecular weight is 396 g/mol. The molecule has 1 N–H and O–H groups in total. The van der Waals surface area contributed by atoms with Crippen molar-refractivity contribution in [2.45, 2.75) is 40.0 Å². The van der Waals surface area contributed by atoms with E-state index in [-0.39, 0.29) is 5.91 Å². The Labute approximate surface area is 171 Å². The van der Waals surface area contributed by atoms with Gasteiger partial charge in [0.2, 0.25) is 5.91 Å². The number of carbonyl (C=O) groups excluding carboxylic acids is 1. The number of nitrogens with one attached hydrogen (secondary N) is 1. The molecule has 0 aliphatic heterocycles. The SMILES string of the molecule is CCOc1ccc(CCNC(=O)CCc2c(C)nc3ccccn23)cc1OCC. The number of benzene rings is 1. The van der Waals surface area contributed by atoms with Crippen LogP contribution in [0.5, 0.6) is 11.5 Å². The van der Waals surface area contributed by atoms with Gasteiger partial charge in [0.1, 0.15) is 5.65 Å². The predicted molar refractivity (Wildman–Crippen MR) is 114 cm³/mol. The third-order valence-corrected chi connectivity index (χ3v) is 4.76. The number of nitrogens with zero attached hydrogens (tertiary/aromatic N) is 2. The molecule has 1 aromatic carbocycles. The highest BCUT2D eigenvalue weighted by atomic mass is 16.5. The number of imidazole rings is 1. The molecule has 0 saturated heterocycles. The van der Waals surface area contributed by atoms with E-state index in [1.807, 2.05) is 63.4 Å². The van der Waals surface area contributed by atoms with Crippen LogP contribution in [0.1, 0.15) is 37.2 Å². The Balaban J connectivity index is 1.51.